The predicted octanol–water partition coefficient (Wildman–Crippen LogP) is 2.15. The van der Waals surface area contributed by atoms with Gasteiger partial charge in [0.2, 0.25) is 21.8 Å². The van der Waals surface area contributed by atoms with Crippen LogP contribution in [0, 0.1) is 5.82 Å². The van der Waals surface area contributed by atoms with Gasteiger partial charge in [0.05, 0.1) is 11.9 Å². The monoisotopic (exact) mass is 435 g/mol. The maximum atomic E-state index is 13.3. The molecule has 0 spiro atoms. The highest BCUT2D eigenvalue weighted by Crippen LogP contribution is 2.19. The molecule has 1 N–H and O–H groups in total. The average Bonchev–Trinajstić information content (AvgIpc) is 2.70. The number of carbonyl (C=O) groups is 2. The van der Waals surface area contributed by atoms with Crippen molar-refractivity contribution in [2.75, 3.05) is 23.7 Å². The number of carbonyl (C=O) groups excluding carboxylic acids is 2. The van der Waals surface area contributed by atoms with E-state index in [9.17, 15) is 22.4 Å². The lowest BCUT2D eigenvalue weighted by Crippen LogP contribution is -2.51. The van der Waals surface area contributed by atoms with E-state index in [-0.39, 0.29) is 18.1 Å². The molecular weight excluding hydrogens is 409 g/mol. The number of benzene rings is 2. The number of rotatable bonds is 9. The molecule has 162 valence electrons. The molecule has 2 aromatic carbocycles. The van der Waals surface area contributed by atoms with E-state index in [1.54, 1.807) is 13.8 Å². The van der Waals surface area contributed by atoms with E-state index in [2.05, 4.69) is 5.32 Å². The number of halogens is 1. The first-order valence-corrected chi connectivity index (χ1v) is 11.3. The topological polar surface area (TPSA) is 86.8 Å². The minimum Gasteiger partial charge on any atom is -0.355 e. The number of sulfonamides is 1. The zero-order chi connectivity index (χ0) is 22.3. The maximum absolute atomic E-state index is 13.3. The van der Waals surface area contributed by atoms with Crippen LogP contribution in [-0.4, -0.2) is 50.5 Å². The highest BCUT2D eigenvalue weighted by atomic mass is 32.2. The lowest BCUT2D eigenvalue weighted by molar-refractivity contribution is -0.139. The standard InChI is InChI=1S/C21H26FN3O4S/c1-4-23-21(27)16(2)24(14-17-8-6-5-7-9-17)20(26)15-25(30(3,28)29)19-12-10-18(22)11-13-19/h5-13,16H,4,14-15H2,1-3H3,(H,23,27)/t16-/m1/s1. The van der Waals surface area contributed by atoms with Crippen molar-refractivity contribution in [1.82, 2.24) is 10.2 Å². The van der Waals surface area contributed by atoms with Crippen molar-refractivity contribution in [3.63, 3.8) is 0 Å². The van der Waals surface area contributed by atoms with Gasteiger partial charge in [-0.1, -0.05) is 30.3 Å². The van der Waals surface area contributed by atoms with Gasteiger partial charge in [-0.05, 0) is 43.7 Å². The third-order valence-electron chi connectivity index (χ3n) is 4.51. The highest BCUT2D eigenvalue weighted by Gasteiger charge is 2.29. The minimum absolute atomic E-state index is 0.138. The molecule has 0 aliphatic rings. The Morgan fingerprint density at radius 3 is 2.20 bits per heavy atom. The van der Waals surface area contributed by atoms with Crippen LogP contribution in [0.2, 0.25) is 0 Å². The van der Waals surface area contributed by atoms with Crippen LogP contribution in [0.1, 0.15) is 19.4 Å². The molecule has 7 nitrogen and oxygen atoms in total. The number of hydrogen-bond acceptors (Lipinski definition) is 4. The van der Waals surface area contributed by atoms with Crippen LogP contribution in [0.25, 0.3) is 0 Å². The first kappa shape index (κ1) is 23.3. The molecule has 0 heterocycles. The number of likely N-dealkylation sites (N-methyl/N-ethyl adjacent to an activating group) is 1. The van der Waals surface area contributed by atoms with Gasteiger partial charge < -0.3 is 10.2 Å². The molecule has 1 atom stereocenters. The molecule has 2 aromatic rings. The third kappa shape index (κ3) is 6.28. The van der Waals surface area contributed by atoms with Gasteiger partial charge in [-0.15, -0.1) is 0 Å². The van der Waals surface area contributed by atoms with Gasteiger partial charge in [-0.25, -0.2) is 12.8 Å². The summed E-state index contributed by atoms with van der Waals surface area (Å²) in [7, 11) is -3.83. The molecule has 0 unspecified atom stereocenters. The van der Waals surface area contributed by atoms with Crippen LogP contribution in [0.15, 0.2) is 54.6 Å². The largest absolute Gasteiger partial charge is 0.355 e. The van der Waals surface area contributed by atoms with Gasteiger partial charge in [0.1, 0.15) is 18.4 Å². The molecule has 30 heavy (non-hydrogen) atoms. The molecule has 0 aromatic heterocycles. The van der Waals surface area contributed by atoms with Crippen molar-refractivity contribution in [3.05, 3.63) is 66.0 Å². The Bertz CT molecular complexity index is 966. The quantitative estimate of drug-likeness (QED) is 0.654. The smallest absolute Gasteiger partial charge is 0.244 e. The first-order valence-electron chi connectivity index (χ1n) is 9.48. The van der Waals surface area contributed by atoms with E-state index in [4.69, 9.17) is 0 Å². The number of amides is 2. The predicted molar refractivity (Wildman–Crippen MR) is 114 cm³/mol. The molecule has 0 saturated carbocycles. The van der Waals surface area contributed by atoms with Crippen molar-refractivity contribution in [2.24, 2.45) is 0 Å². The zero-order valence-electron chi connectivity index (χ0n) is 17.2. The molecule has 0 saturated heterocycles. The van der Waals surface area contributed by atoms with Crippen LogP contribution in [0.4, 0.5) is 10.1 Å². The highest BCUT2D eigenvalue weighted by molar-refractivity contribution is 7.92. The summed E-state index contributed by atoms with van der Waals surface area (Å²) in [5.41, 5.74) is 0.965. The summed E-state index contributed by atoms with van der Waals surface area (Å²) >= 11 is 0. The van der Waals surface area contributed by atoms with Crippen molar-refractivity contribution >= 4 is 27.5 Å². The van der Waals surface area contributed by atoms with E-state index in [0.29, 0.717) is 6.54 Å². The molecule has 0 fully saturated rings. The first-order chi connectivity index (χ1) is 14.1. The average molecular weight is 436 g/mol. The summed E-state index contributed by atoms with van der Waals surface area (Å²) in [6.07, 6.45) is 0.971. The zero-order valence-corrected chi connectivity index (χ0v) is 18.0. The van der Waals surface area contributed by atoms with E-state index in [1.165, 1.54) is 17.0 Å². The van der Waals surface area contributed by atoms with Gasteiger partial charge in [0, 0.05) is 13.1 Å². The maximum Gasteiger partial charge on any atom is 0.244 e. The van der Waals surface area contributed by atoms with Crippen molar-refractivity contribution in [3.8, 4) is 0 Å². The molecule has 0 aliphatic heterocycles. The van der Waals surface area contributed by atoms with E-state index in [0.717, 1.165) is 28.3 Å². The van der Waals surface area contributed by atoms with Gasteiger partial charge in [-0.3, -0.25) is 13.9 Å². The molecule has 9 heteroatoms. The lowest BCUT2D eigenvalue weighted by Gasteiger charge is -2.31. The number of anilines is 1. The van der Waals surface area contributed by atoms with Crippen LogP contribution < -0.4 is 9.62 Å². The molecular formula is C21H26FN3O4S. The summed E-state index contributed by atoms with van der Waals surface area (Å²) in [6.45, 7) is 3.39. The number of nitrogens with zero attached hydrogens (tertiary/aromatic N) is 2. The second-order valence-corrected chi connectivity index (χ2v) is 8.73. The Balaban J connectivity index is 2.34. The van der Waals surface area contributed by atoms with E-state index in [1.807, 2.05) is 30.3 Å². The third-order valence-corrected chi connectivity index (χ3v) is 5.65. The van der Waals surface area contributed by atoms with E-state index >= 15 is 0 Å². The molecule has 0 aliphatic carbocycles. The fourth-order valence-electron chi connectivity index (χ4n) is 2.91. The lowest BCUT2D eigenvalue weighted by atomic mass is 10.1. The Hall–Kier alpha value is -2.94. The van der Waals surface area contributed by atoms with Gasteiger partial charge in [0.25, 0.3) is 0 Å². The van der Waals surface area contributed by atoms with Crippen LogP contribution in [0.3, 0.4) is 0 Å². The van der Waals surface area contributed by atoms with Crippen LogP contribution >= 0.6 is 0 Å². The Labute approximate surface area is 176 Å². The number of nitrogens with one attached hydrogen (secondary N) is 1. The fraction of sp³-hybridized carbons (Fsp3) is 0.333. The van der Waals surface area contributed by atoms with Crippen molar-refractivity contribution < 1.29 is 22.4 Å². The van der Waals surface area contributed by atoms with Gasteiger partial charge in [-0.2, -0.15) is 0 Å². The normalized spacial score (nSPS) is 12.1. The molecule has 2 rings (SSSR count). The molecule has 2 amide bonds. The summed E-state index contributed by atoms with van der Waals surface area (Å²) in [5.74, 6) is -1.41. The summed E-state index contributed by atoms with van der Waals surface area (Å²) in [4.78, 5) is 26.9. The fourth-order valence-corrected chi connectivity index (χ4v) is 3.76. The van der Waals surface area contributed by atoms with Gasteiger partial charge in [0.15, 0.2) is 0 Å². The summed E-state index contributed by atoms with van der Waals surface area (Å²) in [6, 6.07) is 13.1. The van der Waals surface area contributed by atoms with Crippen LogP contribution in [0.5, 0.6) is 0 Å². The van der Waals surface area contributed by atoms with E-state index < -0.39 is 34.3 Å². The van der Waals surface area contributed by atoms with Crippen molar-refractivity contribution in [1.29, 1.82) is 0 Å². The van der Waals surface area contributed by atoms with Crippen LogP contribution in [-0.2, 0) is 26.2 Å². The summed E-state index contributed by atoms with van der Waals surface area (Å²) in [5, 5.41) is 2.68. The molecule has 0 radical (unpaired) electrons. The Morgan fingerprint density at radius 2 is 1.67 bits per heavy atom. The second kappa shape index (κ2) is 10.2. The minimum atomic E-state index is -3.83. The second-order valence-electron chi connectivity index (χ2n) is 6.82. The molecule has 0 bridgehead atoms. The SMILES string of the molecule is CCNC(=O)[C@@H](C)N(Cc1ccccc1)C(=O)CN(c1ccc(F)cc1)S(C)(=O)=O. The Morgan fingerprint density at radius 1 is 1.07 bits per heavy atom. The summed E-state index contributed by atoms with van der Waals surface area (Å²) < 4.78 is 38.8. The number of hydrogen-bond donors (Lipinski definition) is 1. The van der Waals surface area contributed by atoms with Crippen molar-refractivity contribution in [2.45, 2.75) is 26.4 Å². The Kier molecular flexibility index (Phi) is 7.93. The van der Waals surface area contributed by atoms with Gasteiger partial charge >= 0.3 is 0 Å².